The molecule has 0 radical (unpaired) electrons. The summed E-state index contributed by atoms with van der Waals surface area (Å²) in [6, 6.07) is 10.3. The van der Waals surface area contributed by atoms with Gasteiger partial charge < -0.3 is 29.2 Å². The summed E-state index contributed by atoms with van der Waals surface area (Å²) in [5.74, 6) is -0.241. The molecule has 5 rings (SSSR count). The number of aromatic amines is 1. The highest BCUT2D eigenvalue weighted by Gasteiger charge is 2.38. The Morgan fingerprint density at radius 1 is 1.12 bits per heavy atom. The van der Waals surface area contributed by atoms with Crippen LogP contribution in [0.4, 0.5) is 0 Å². The minimum Gasteiger partial charge on any atom is -0.493 e. The monoisotopic (exact) mass is 548 g/mol. The summed E-state index contributed by atoms with van der Waals surface area (Å²) in [4.78, 5) is 38.5. The van der Waals surface area contributed by atoms with Crippen LogP contribution in [0.2, 0.25) is 0 Å². The third-order valence-electron chi connectivity index (χ3n) is 7.13. The Labute approximate surface area is 233 Å². The Bertz CT molecular complexity index is 1420. The molecule has 2 aliphatic rings. The van der Waals surface area contributed by atoms with Gasteiger partial charge in [0.25, 0.3) is 5.91 Å². The fraction of sp³-hybridized carbons (Fsp3) is 0.433. The van der Waals surface area contributed by atoms with Gasteiger partial charge in [-0.25, -0.2) is 9.78 Å². The Kier molecular flexibility index (Phi) is 7.82. The number of hydrogen-bond donors (Lipinski definition) is 2. The topological polar surface area (TPSA) is 117 Å². The summed E-state index contributed by atoms with van der Waals surface area (Å²) >= 11 is 0. The van der Waals surface area contributed by atoms with Crippen molar-refractivity contribution >= 4 is 28.5 Å². The number of carbonyl (C=O) groups is 2. The van der Waals surface area contributed by atoms with Crippen molar-refractivity contribution in [1.29, 1.82) is 0 Å². The van der Waals surface area contributed by atoms with E-state index in [2.05, 4.69) is 14.9 Å². The summed E-state index contributed by atoms with van der Waals surface area (Å²) in [5, 5.41) is 10.1. The van der Waals surface area contributed by atoms with E-state index in [-0.39, 0.29) is 30.0 Å². The van der Waals surface area contributed by atoms with Crippen LogP contribution in [0.3, 0.4) is 0 Å². The number of ether oxygens (including phenoxy) is 3. The molecule has 1 fully saturated rings. The second-order valence-electron chi connectivity index (χ2n) is 11.1. The lowest BCUT2D eigenvalue weighted by molar-refractivity contribution is -0.140. The predicted molar refractivity (Wildman–Crippen MR) is 150 cm³/mol. The Balaban J connectivity index is 1.41. The molecule has 0 aliphatic carbocycles. The number of nitrogens with one attached hydrogen (secondary N) is 1. The zero-order valence-electron chi connectivity index (χ0n) is 23.4. The van der Waals surface area contributed by atoms with Gasteiger partial charge in [-0.1, -0.05) is 13.8 Å². The van der Waals surface area contributed by atoms with Crippen molar-refractivity contribution < 1.29 is 28.9 Å². The van der Waals surface area contributed by atoms with Gasteiger partial charge in [0.15, 0.2) is 0 Å². The van der Waals surface area contributed by atoms with Crippen molar-refractivity contribution in [2.24, 2.45) is 0 Å². The molecule has 4 heterocycles. The second-order valence-corrected chi connectivity index (χ2v) is 11.1. The first-order chi connectivity index (χ1) is 19.1. The van der Waals surface area contributed by atoms with Crippen molar-refractivity contribution in [2.75, 3.05) is 46.0 Å². The number of pyridine rings is 1. The molecule has 0 spiro atoms. The number of aromatic hydroxyl groups is 1. The summed E-state index contributed by atoms with van der Waals surface area (Å²) in [5.41, 5.74) is 2.58. The van der Waals surface area contributed by atoms with Crippen LogP contribution in [0.5, 0.6) is 11.6 Å². The van der Waals surface area contributed by atoms with Gasteiger partial charge in [-0.2, -0.15) is 0 Å². The van der Waals surface area contributed by atoms with E-state index in [0.717, 1.165) is 38.4 Å². The third-order valence-corrected chi connectivity index (χ3v) is 7.13. The minimum atomic E-state index is -0.622. The number of benzene rings is 1. The molecule has 40 heavy (non-hydrogen) atoms. The average molecular weight is 549 g/mol. The van der Waals surface area contributed by atoms with Crippen LogP contribution in [0.15, 0.2) is 42.6 Å². The van der Waals surface area contributed by atoms with Crippen LogP contribution in [-0.4, -0.2) is 88.9 Å². The maximum Gasteiger partial charge on any atom is 0.342 e. The molecule has 2 aliphatic heterocycles. The van der Waals surface area contributed by atoms with E-state index in [9.17, 15) is 14.7 Å². The quantitative estimate of drug-likeness (QED) is 0.429. The summed E-state index contributed by atoms with van der Waals surface area (Å²) in [6.45, 7) is 12.5. The fourth-order valence-corrected chi connectivity index (χ4v) is 5.23. The molecule has 3 aromatic rings. The van der Waals surface area contributed by atoms with Gasteiger partial charge in [0, 0.05) is 55.0 Å². The van der Waals surface area contributed by atoms with Gasteiger partial charge in [-0.05, 0) is 44.2 Å². The van der Waals surface area contributed by atoms with E-state index in [4.69, 9.17) is 14.2 Å². The number of fused-ring (bicyclic) bond motifs is 3. The number of H-pyrrole nitrogens is 1. The molecule has 1 aromatic carbocycles. The molecule has 212 valence electrons. The van der Waals surface area contributed by atoms with Crippen molar-refractivity contribution in [3.63, 3.8) is 0 Å². The van der Waals surface area contributed by atoms with Crippen molar-refractivity contribution in [3.8, 4) is 11.6 Å². The number of rotatable bonds is 7. The molecule has 10 nitrogen and oxygen atoms in total. The van der Waals surface area contributed by atoms with Crippen molar-refractivity contribution in [2.45, 2.75) is 39.2 Å². The first kappa shape index (κ1) is 27.7. The lowest BCUT2D eigenvalue weighted by Gasteiger charge is -2.29. The number of amides is 1. The van der Waals surface area contributed by atoms with E-state index in [1.54, 1.807) is 55.3 Å². The van der Waals surface area contributed by atoms with E-state index in [1.165, 1.54) is 6.07 Å². The standard InChI is InChI=1S/C30H36N4O6/c1-19(2)40-29(37)22-17-34(18-30(3,4)25-26(22)31-23-9-10-24(35)32-27(23)25)28(36)20-5-7-21(8-6-20)39-16-13-33-11-14-38-15-12-33/h5-10,17,19,31H,11-16,18H2,1-4H3,(H,32,35). The molecule has 0 bridgehead atoms. The van der Waals surface area contributed by atoms with Gasteiger partial charge in [0.1, 0.15) is 12.4 Å². The van der Waals surface area contributed by atoms with Crippen LogP contribution in [-0.2, 0) is 19.7 Å². The Morgan fingerprint density at radius 3 is 2.55 bits per heavy atom. The number of aromatic nitrogens is 2. The van der Waals surface area contributed by atoms with Crippen molar-refractivity contribution in [3.05, 3.63) is 59.4 Å². The normalized spacial score (nSPS) is 17.3. The molecule has 1 saturated heterocycles. The SMILES string of the molecule is CC(C)OC(=O)C1=CN(C(=O)c2ccc(OCCN3CCOCC3)cc2)CC(C)(C)c2c1[nH]c1ccc(O)nc21. The maximum atomic E-state index is 13.8. The van der Waals surface area contributed by atoms with Crippen LogP contribution in [0.25, 0.3) is 16.6 Å². The summed E-state index contributed by atoms with van der Waals surface area (Å²) in [7, 11) is 0. The van der Waals surface area contributed by atoms with Crippen LogP contribution < -0.4 is 4.74 Å². The lowest BCUT2D eigenvalue weighted by Crippen LogP contribution is -2.38. The maximum absolute atomic E-state index is 13.8. The first-order valence-electron chi connectivity index (χ1n) is 13.6. The largest absolute Gasteiger partial charge is 0.493 e. The van der Waals surface area contributed by atoms with Crippen LogP contribution in [0.1, 0.15) is 49.3 Å². The summed E-state index contributed by atoms with van der Waals surface area (Å²) in [6.07, 6.45) is 1.21. The highest BCUT2D eigenvalue weighted by atomic mass is 16.5. The molecular formula is C30H36N4O6. The van der Waals surface area contributed by atoms with E-state index in [1.807, 2.05) is 13.8 Å². The van der Waals surface area contributed by atoms with Gasteiger partial charge >= 0.3 is 5.97 Å². The van der Waals surface area contributed by atoms with E-state index in [0.29, 0.717) is 34.6 Å². The highest BCUT2D eigenvalue weighted by molar-refractivity contribution is 6.18. The number of carbonyl (C=O) groups excluding carboxylic acids is 2. The average Bonchev–Trinajstić information content (AvgIpc) is 3.25. The highest BCUT2D eigenvalue weighted by Crippen LogP contribution is 2.40. The van der Waals surface area contributed by atoms with Crippen LogP contribution >= 0.6 is 0 Å². The zero-order chi connectivity index (χ0) is 28.4. The van der Waals surface area contributed by atoms with Crippen LogP contribution in [0, 0.1) is 0 Å². The number of morpholine rings is 1. The van der Waals surface area contributed by atoms with Gasteiger partial charge in [-0.15, -0.1) is 0 Å². The minimum absolute atomic E-state index is 0.121. The van der Waals surface area contributed by atoms with Crippen molar-refractivity contribution in [1.82, 2.24) is 19.8 Å². The second kappa shape index (κ2) is 11.3. The van der Waals surface area contributed by atoms with Gasteiger partial charge in [0.2, 0.25) is 5.88 Å². The first-order valence-corrected chi connectivity index (χ1v) is 13.6. The summed E-state index contributed by atoms with van der Waals surface area (Å²) < 4.78 is 16.8. The fourth-order valence-electron chi connectivity index (χ4n) is 5.23. The zero-order valence-corrected chi connectivity index (χ0v) is 23.4. The molecule has 10 heteroatoms. The lowest BCUT2D eigenvalue weighted by atomic mass is 9.83. The third kappa shape index (κ3) is 5.83. The molecule has 1 amide bonds. The molecule has 2 aromatic heterocycles. The Hall–Kier alpha value is -3.89. The molecule has 0 unspecified atom stereocenters. The Morgan fingerprint density at radius 2 is 1.85 bits per heavy atom. The molecule has 0 saturated carbocycles. The molecule has 0 atom stereocenters. The number of nitrogens with zero attached hydrogens (tertiary/aromatic N) is 3. The predicted octanol–water partition coefficient (Wildman–Crippen LogP) is 3.71. The smallest absolute Gasteiger partial charge is 0.342 e. The molecular weight excluding hydrogens is 512 g/mol. The molecule has 2 N–H and O–H groups in total. The van der Waals surface area contributed by atoms with E-state index >= 15 is 0 Å². The number of hydrogen-bond acceptors (Lipinski definition) is 8. The van der Waals surface area contributed by atoms with E-state index < -0.39 is 11.4 Å². The number of esters is 1. The van der Waals surface area contributed by atoms with Gasteiger partial charge in [0.05, 0.1) is 41.6 Å². The van der Waals surface area contributed by atoms with Gasteiger partial charge in [-0.3, -0.25) is 9.69 Å².